The molecule has 15 heavy (non-hydrogen) atoms. The lowest BCUT2D eigenvalue weighted by Crippen LogP contribution is -2.35. The third-order valence-corrected chi connectivity index (χ3v) is 2.05. The Bertz CT molecular complexity index is 338. The molecule has 0 atom stereocenters. The second kappa shape index (κ2) is 3.56. The standard InChI is InChI=1S/C10H15NO4/c1-10(2,3)5-11-4-6(9(14)15)7(12)8(11)13/h12H,4-5H2,1-3H3,(H,14,15). The van der Waals surface area contributed by atoms with Crippen LogP contribution in [0.1, 0.15) is 20.8 Å². The van der Waals surface area contributed by atoms with E-state index in [-0.39, 0.29) is 17.5 Å². The van der Waals surface area contributed by atoms with Gasteiger partial charge in [0.1, 0.15) is 5.57 Å². The van der Waals surface area contributed by atoms with E-state index in [0.29, 0.717) is 6.54 Å². The Labute approximate surface area is 88.0 Å². The fourth-order valence-electron chi connectivity index (χ4n) is 1.49. The SMILES string of the molecule is CC(C)(C)CN1CC(C(=O)O)=C(O)C1=O. The van der Waals surface area contributed by atoms with Crippen LogP contribution < -0.4 is 0 Å². The number of hydrogen-bond donors (Lipinski definition) is 2. The van der Waals surface area contributed by atoms with Crippen LogP contribution in [0.15, 0.2) is 11.3 Å². The molecule has 0 fully saturated rings. The van der Waals surface area contributed by atoms with Gasteiger partial charge < -0.3 is 15.1 Å². The topological polar surface area (TPSA) is 77.8 Å². The van der Waals surface area contributed by atoms with Crippen molar-refractivity contribution in [1.82, 2.24) is 4.90 Å². The van der Waals surface area contributed by atoms with Gasteiger partial charge in [-0.3, -0.25) is 4.79 Å². The van der Waals surface area contributed by atoms with Gasteiger partial charge in [-0.2, -0.15) is 0 Å². The maximum atomic E-state index is 11.5. The van der Waals surface area contributed by atoms with E-state index in [0.717, 1.165) is 0 Å². The molecule has 0 aromatic heterocycles. The predicted octanol–water partition coefficient (Wildman–Crippen LogP) is 0.771. The first-order valence-electron chi connectivity index (χ1n) is 4.67. The lowest BCUT2D eigenvalue weighted by atomic mass is 9.96. The van der Waals surface area contributed by atoms with Crippen LogP contribution in [0.4, 0.5) is 0 Å². The van der Waals surface area contributed by atoms with Crippen LogP contribution in [-0.4, -0.2) is 40.1 Å². The number of aliphatic hydroxyl groups is 1. The number of carboxylic acids is 1. The third-order valence-electron chi connectivity index (χ3n) is 2.05. The minimum absolute atomic E-state index is 0.0166. The van der Waals surface area contributed by atoms with Crippen molar-refractivity contribution >= 4 is 11.9 Å². The summed E-state index contributed by atoms with van der Waals surface area (Å²) in [4.78, 5) is 23.5. The second-order valence-electron chi connectivity index (χ2n) is 4.85. The highest BCUT2D eigenvalue weighted by molar-refractivity contribution is 6.04. The van der Waals surface area contributed by atoms with Crippen LogP contribution in [0.5, 0.6) is 0 Å². The molecule has 0 saturated heterocycles. The molecule has 1 rings (SSSR count). The Balaban J connectivity index is 2.80. The van der Waals surface area contributed by atoms with Crippen LogP contribution in [0.2, 0.25) is 0 Å². The molecule has 0 spiro atoms. The highest BCUT2D eigenvalue weighted by Gasteiger charge is 2.35. The molecule has 0 radical (unpaired) electrons. The Morgan fingerprint density at radius 3 is 2.33 bits per heavy atom. The van der Waals surface area contributed by atoms with Gasteiger partial charge in [-0.1, -0.05) is 20.8 Å². The lowest BCUT2D eigenvalue weighted by molar-refractivity contribution is -0.133. The molecule has 2 N–H and O–H groups in total. The number of hydrogen-bond acceptors (Lipinski definition) is 3. The normalized spacial score (nSPS) is 17.5. The Hall–Kier alpha value is -1.52. The molecule has 1 aliphatic rings. The molecular formula is C10H15NO4. The van der Waals surface area contributed by atoms with Crippen molar-refractivity contribution in [2.45, 2.75) is 20.8 Å². The smallest absolute Gasteiger partial charge is 0.337 e. The Kier molecular flexibility index (Phi) is 2.75. The number of nitrogens with zero attached hydrogens (tertiary/aromatic N) is 1. The largest absolute Gasteiger partial charge is 0.503 e. The summed E-state index contributed by atoms with van der Waals surface area (Å²) in [6.07, 6.45) is 0. The van der Waals surface area contributed by atoms with E-state index in [2.05, 4.69) is 0 Å². The van der Waals surface area contributed by atoms with E-state index >= 15 is 0 Å². The maximum absolute atomic E-state index is 11.5. The molecule has 0 aliphatic carbocycles. The summed E-state index contributed by atoms with van der Waals surface area (Å²) in [5, 5.41) is 18.0. The van der Waals surface area contributed by atoms with Crippen molar-refractivity contribution in [2.75, 3.05) is 13.1 Å². The summed E-state index contributed by atoms with van der Waals surface area (Å²) in [5.74, 6) is -2.47. The molecule has 84 valence electrons. The first-order valence-corrected chi connectivity index (χ1v) is 4.67. The summed E-state index contributed by atoms with van der Waals surface area (Å²) in [5.41, 5.74) is -0.339. The van der Waals surface area contributed by atoms with Gasteiger partial charge in [0, 0.05) is 6.54 Å². The first-order chi connectivity index (χ1) is 6.72. The summed E-state index contributed by atoms with van der Waals surface area (Å²) in [6, 6.07) is 0. The molecule has 5 heteroatoms. The summed E-state index contributed by atoms with van der Waals surface area (Å²) < 4.78 is 0. The van der Waals surface area contributed by atoms with Crippen molar-refractivity contribution in [3.63, 3.8) is 0 Å². The van der Waals surface area contributed by atoms with E-state index in [1.807, 2.05) is 20.8 Å². The highest BCUT2D eigenvalue weighted by atomic mass is 16.4. The monoisotopic (exact) mass is 213 g/mol. The molecule has 1 amide bonds. The quantitative estimate of drug-likeness (QED) is 0.710. The van der Waals surface area contributed by atoms with E-state index in [4.69, 9.17) is 5.11 Å². The zero-order valence-corrected chi connectivity index (χ0v) is 9.07. The molecule has 1 heterocycles. The van der Waals surface area contributed by atoms with Crippen LogP contribution in [-0.2, 0) is 9.59 Å². The maximum Gasteiger partial charge on any atom is 0.337 e. The van der Waals surface area contributed by atoms with Crippen molar-refractivity contribution in [3.05, 3.63) is 11.3 Å². The zero-order chi connectivity index (χ0) is 11.8. The van der Waals surface area contributed by atoms with E-state index in [1.165, 1.54) is 4.90 Å². The molecule has 5 nitrogen and oxygen atoms in total. The average molecular weight is 213 g/mol. The van der Waals surface area contributed by atoms with Crippen molar-refractivity contribution < 1.29 is 19.8 Å². The minimum Gasteiger partial charge on any atom is -0.503 e. The van der Waals surface area contributed by atoms with E-state index in [1.54, 1.807) is 0 Å². The van der Waals surface area contributed by atoms with Crippen molar-refractivity contribution in [2.24, 2.45) is 5.41 Å². The molecular weight excluding hydrogens is 198 g/mol. The number of amides is 1. The first kappa shape index (κ1) is 11.6. The molecule has 0 unspecified atom stereocenters. The van der Waals surface area contributed by atoms with Crippen molar-refractivity contribution in [1.29, 1.82) is 0 Å². The number of carbonyl (C=O) groups excluding carboxylic acids is 1. The number of carbonyl (C=O) groups is 2. The summed E-state index contributed by atoms with van der Waals surface area (Å²) >= 11 is 0. The van der Waals surface area contributed by atoms with Crippen LogP contribution >= 0.6 is 0 Å². The molecule has 1 aliphatic heterocycles. The van der Waals surface area contributed by atoms with Gasteiger partial charge in [0.05, 0.1) is 6.54 Å². The number of carboxylic acid groups (broad SMARTS) is 1. The van der Waals surface area contributed by atoms with E-state index < -0.39 is 17.6 Å². The van der Waals surface area contributed by atoms with Gasteiger partial charge in [-0.25, -0.2) is 4.79 Å². The van der Waals surface area contributed by atoms with Crippen molar-refractivity contribution in [3.8, 4) is 0 Å². The molecule has 0 saturated carbocycles. The molecule has 0 bridgehead atoms. The minimum atomic E-state index is -1.24. The fraction of sp³-hybridized carbons (Fsp3) is 0.600. The average Bonchev–Trinajstić information content (AvgIpc) is 2.30. The lowest BCUT2D eigenvalue weighted by Gasteiger charge is -2.26. The van der Waals surface area contributed by atoms with Crippen LogP contribution in [0.25, 0.3) is 0 Å². The second-order valence-corrected chi connectivity index (χ2v) is 4.85. The van der Waals surface area contributed by atoms with E-state index in [9.17, 15) is 14.7 Å². The summed E-state index contributed by atoms with van der Waals surface area (Å²) in [6.45, 7) is 6.23. The van der Waals surface area contributed by atoms with Gasteiger partial charge in [0.2, 0.25) is 0 Å². The number of aliphatic carboxylic acids is 1. The highest BCUT2D eigenvalue weighted by Crippen LogP contribution is 2.22. The predicted molar refractivity (Wildman–Crippen MR) is 53.3 cm³/mol. The van der Waals surface area contributed by atoms with Gasteiger partial charge in [-0.15, -0.1) is 0 Å². The van der Waals surface area contributed by atoms with Gasteiger partial charge in [0.15, 0.2) is 5.76 Å². The van der Waals surface area contributed by atoms with Crippen LogP contribution in [0, 0.1) is 5.41 Å². The molecule has 0 aromatic carbocycles. The Morgan fingerprint density at radius 2 is 2.00 bits per heavy atom. The van der Waals surface area contributed by atoms with Gasteiger partial charge >= 0.3 is 5.97 Å². The number of rotatable bonds is 2. The zero-order valence-electron chi connectivity index (χ0n) is 9.07. The third kappa shape index (κ3) is 2.49. The van der Waals surface area contributed by atoms with Crippen LogP contribution in [0.3, 0.4) is 0 Å². The van der Waals surface area contributed by atoms with Gasteiger partial charge in [-0.05, 0) is 5.41 Å². The summed E-state index contributed by atoms with van der Waals surface area (Å²) in [7, 11) is 0. The fourth-order valence-corrected chi connectivity index (χ4v) is 1.49. The number of aliphatic hydroxyl groups excluding tert-OH is 1. The van der Waals surface area contributed by atoms with Gasteiger partial charge in [0.25, 0.3) is 5.91 Å². The molecule has 0 aromatic rings. The Morgan fingerprint density at radius 1 is 1.47 bits per heavy atom.